The van der Waals surface area contributed by atoms with Crippen molar-refractivity contribution >= 4 is 11.7 Å². The van der Waals surface area contributed by atoms with Gasteiger partial charge in [0.15, 0.2) is 0 Å². The molecule has 0 aliphatic heterocycles. The molecule has 1 atom stereocenters. The molecule has 0 radical (unpaired) electrons. The standard InChI is InChI=1S/C27H47NO4/c1-3-4-5-6-7-8-9-10-11-12-13-14-15-16-21-28(2)25-19-17-24(18-20-25)27(31)32-23-26(30)22-29/h17-20,26,29-30H,3-16,21-23H2,1-2H3. The van der Waals surface area contributed by atoms with E-state index >= 15 is 0 Å². The van der Waals surface area contributed by atoms with Crippen molar-refractivity contribution in [1.82, 2.24) is 0 Å². The van der Waals surface area contributed by atoms with Crippen molar-refractivity contribution in [2.75, 3.05) is 31.7 Å². The molecule has 1 aromatic rings. The third-order valence-electron chi connectivity index (χ3n) is 6.01. The summed E-state index contributed by atoms with van der Waals surface area (Å²) in [6.45, 7) is 2.66. The van der Waals surface area contributed by atoms with Crippen LogP contribution in [0.3, 0.4) is 0 Å². The Morgan fingerprint density at radius 2 is 1.31 bits per heavy atom. The average molecular weight is 450 g/mol. The predicted octanol–water partition coefficient (Wildman–Crippen LogP) is 6.11. The van der Waals surface area contributed by atoms with Gasteiger partial charge in [-0.2, -0.15) is 0 Å². The number of aliphatic hydroxyl groups excluding tert-OH is 2. The second-order valence-corrected chi connectivity index (χ2v) is 9.00. The molecular weight excluding hydrogens is 402 g/mol. The van der Waals surface area contributed by atoms with Crippen LogP contribution in [0.2, 0.25) is 0 Å². The van der Waals surface area contributed by atoms with Crippen LogP contribution in [0.5, 0.6) is 0 Å². The quantitative estimate of drug-likeness (QED) is 0.185. The zero-order chi connectivity index (χ0) is 23.4. The van der Waals surface area contributed by atoms with Gasteiger partial charge in [-0.25, -0.2) is 4.79 Å². The minimum Gasteiger partial charge on any atom is -0.459 e. The third-order valence-corrected chi connectivity index (χ3v) is 6.01. The van der Waals surface area contributed by atoms with Gasteiger partial charge in [0, 0.05) is 19.3 Å². The Morgan fingerprint density at radius 3 is 1.78 bits per heavy atom. The minimum absolute atomic E-state index is 0.198. The van der Waals surface area contributed by atoms with E-state index in [1.54, 1.807) is 12.1 Å². The highest BCUT2D eigenvalue weighted by molar-refractivity contribution is 5.89. The molecule has 2 N–H and O–H groups in total. The average Bonchev–Trinajstić information content (AvgIpc) is 2.82. The molecule has 0 heterocycles. The lowest BCUT2D eigenvalue weighted by Gasteiger charge is -2.19. The minimum atomic E-state index is -1.03. The number of rotatable bonds is 20. The van der Waals surface area contributed by atoms with Gasteiger partial charge in [-0.3, -0.25) is 0 Å². The van der Waals surface area contributed by atoms with Gasteiger partial charge in [0.25, 0.3) is 0 Å². The van der Waals surface area contributed by atoms with Crippen LogP contribution in [-0.2, 0) is 4.74 Å². The molecule has 0 saturated heterocycles. The number of unbranched alkanes of at least 4 members (excludes halogenated alkanes) is 13. The summed E-state index contributed by atoms with van der Waals surface area (Å²) in [5.74, 6) is -0.487. The van der Waals surface area contributed by atoms with Gasteiger partial charge in [-0.1, -0.05) is 90.4 Å². The van der Waals surface area contributed by atoms with E-state index < -0.39 is 18.7 Å². The number of anilines is 1. The van der Waals surface area contributed by atoms with Crippen molar-refractivity contribution in [2.45, 2.75) is 103 Å². The fraction of sp³-hybridized carbons (Fsp3) is 0.741. The Balaban J connectivity index is 2.04. The number of benzene rings is 1. The van der Waals surface area contributed by atoms with Gasteiger partial charge in [0.1, 0.15) is 12.7 Å². The number of ether oxygens (including phenoxy) is 1. The molecule has 1 rings (SSSR count). The lowest BCUT2D eigenvalue weighted by molar-refractivity contribution is 0.00933. The fourth-order valence-corrected chi connectivity index (χ4v) is 3.83. The molecule has 1 aromatic carbocycles. The van der Waals surface area contributed by atoms with Crippen LogP contribution < -0.4 is 4.90 Å². The molecule has 0 fully saturated rings. The van der Waals surface area contributed by atoms with Crippen molar-refractivity contribution in [1.29, 1.82) is 0 Å². The molecule has 1 unspecified atom stereocenters. The molecule has 0 spiro atoms. The number of esters is 1. The Bertz CT molecular complexity index is 576. The molecule has 5 heteroatoms. The number of carbonyl (C=O) groups excluding carboxylic acids is 1. The molecule has 184 valence electrons. The normalized spacial score (nSPS) is 12.0. The molecule has 0 saturated carbocycles. The molecular formula is C27H47NO4. The maximum absolute atomic E-state index is 11.9. The fourth-order valence-electron chi connectivity index (χ4n) is 3.83. The lowest BCUT2D eigenvalue weighted by atomic mass is 10.0. The summed E-state index contributed by atoms with van der Waals surface area (Å²) < 4.78 is 4.98. The van der Waals surface area contributed by atoms with Crippen LogP contribution in [0.4, 0.5) is 5.69 Å². The summed E-state index contributed by atoms with van der Waals surface area (Å²) in [6.07, 6.45) is 18.1. The first-order chi connectivity index (χ1) is 15.6. The van der Waals surface area contributed by atoms with Crippen molar-refractivity contribution in [3.05, 3.63) is 29.8 Å². The van der Waals surface area contributed by atoms with E-state index in [0.717, 1.165) is 12.2 Å². The van der Waals surface area contributed by atoms with E-state index in [0.29, 0.717) is 5.56 Å². The number of aliphatic hydroxyl groups is 2. The van der Waals surface area contributed by atoms with Crippen LogP contribution in [0.15, 0.2) is 24.3 Å². The predicted molar refractivity (Wildman–Crippen MR) is 133 cm³/mol. The van der Waals surface area contributed by atoms with Crippen molar-refractivity contribution in [3.8, 4) is 0 Å². The molecule has 32 heavy (non-hydrogen) atoms. The summed E-state index contributed by atoms with van der Waals surface area (Å²) in [6, 6.07) is 7.32. The van der Waals surface area contributed by atoms with E-state index in [-0.39, 0.29) is 6.61 Å². The maximum atomic E-state index is 11.9. The lowest BCUT2D eigenvalue weighted by Crippen LogP contribution is -2.22. The molecule has 0 amide bonds. The molecule has 0 aromatic heterocycles. The second-order valence-electron chi connectivity index (χ2n) is 9.00. The topological polar surface area (TPSA) is 70.0 Å². The SMILES string of the molecule is CCCCCCCCCCCCCCCCN(C)c1ccc(C(=O)OCC(O)CO)cc1. The largest absolute Gasteiger partial charge is 0.459 e. The van der Waals surface area contributed by atoms with Crippen LogP contribution >= 0.6 is 0 Å². The van der Waals surface area contributed by atoms with Gasteiger partial charge < -0.3 is 19.8 Å². The van der Waals surface area contributed by atoms with Gasteiger partial charge in [0.2, 0.25) is 0 Å². The third kappa shape index (κ3) is 13.7. The van der Waals surface area contributed by atoms with Gasteiger partial charge in [0.05, 0.1) is 12.2 Å². The highest BCUT2D eigenvalue weighted by Gasteiger charge is 2.11. The zero-order valence-electron chi connectivity index (χ0n) is 20.6. The Labute approximate surface area is 196 Å². The van der Waals surface area contributed by atoms with E-state index in [1.807, 2.05) is 12.1 Å². The number of nitrogens with zero attached hydrogens (tertiary/aromatic N) is 1. The first-order valence-corrected chi connectivity index (χ1v) is 12.9. The zero-order valence-corrected chi connectivity index (χ0v) is 20.6. The smallest absolute Gasteiger partial charge is 0.338 e. The second kappa shape index (κ2) is 18.9. The first kappa shape index (κ1) is 28.4. The summed E-state index contributed by atoms with van der Waals surface area (Å²) in [4.78, 5) is 14.2. The van der Waals surface area contributed by atoms with Crippen molar-refractivity contribution in [3.63, 3.8) is 0 Å². The van der Waals surface area contributed by atoms with E-state index in [1.165, 1.54) is 89.9 Å². The van der Waals surface area contributed by atoms with Crippen LogP contribution in [-0.4, -0.2) is 49.1 Å². The number of hydrogen-bond acceptors (Lipinski definition) is 5. The van der Waals surface area contributed by atoms with Gasteiger partial charge in [-0.05, 0) is 30.7 Å². The Morgan fingerprint density at radius 1 is 0.844 bits per heavy atom. The highest BCUT2D eigenvalue weighted by Crippen LogP contribution is 2.17. The molecule has 0 aliphatic rings. The summed E-state index contributed by atoms with van der Waals surface area (Å²) in [5, 5.41) is 18.0. The number of hydrogen-bond donors (Lipinski definition) is 2. The van der Waals surface area contributed by atoms with Gasteiger partial charge in [-0.15, -0.1) is 0 Å². The van der Waals surface area contributed by atoms with Gasteiger partial charge >= 0.3 is 5.97 Å². The Kier molecular flexibility index (Phi) is 16.8. The van der Waals surface area contributed by atoms with E-state index in [2.05, 4.69) is 18.9 Å². The van der Waals surface area contributed by atoms with Crippen molar-refractivity contribution < 1.29 is 19.7 Å². The molecule has 5 nitrogen and oxygen atoms in total. The molecule has 0 aliphatic carbocycles. The summed E-state index contributed by atoms with van der Waals surface area (Å²) in [7, 11) is 2.08. The van der Waals surface area contributed by atoms with E-state index in [4.69, 9.17) is 9.84 Å². The van der Waals surface area contributed by atoms with Crippen molar-refractivity contribution in [2.24, 2.45) is 0 Å². The highest BCUT2D eigenvalue weighted by atomic mass is 16.5. The monoisotopic (exact) mass is 449 g/mol. The van der Waals surface area contributed by atoms with Crippen LogP contribution in [0, 0.1) is 0 Å². The molecule has 0 bridgehead atoms. The maximum Gasteiger partial charge on any atom is 0.338 e. The Hall–Kier alpha value is -1.59. The first-order valence-electron chi connectivity index (χ1n) is 12.9. The number of carbonyl (C=O) groups is 1. The van der Waals surface area contributed by atoms with E-state index in [9.17, 15) is 9.90 Å². The van der Waals surface area contributed by atoms with Crippen LogP contribution in [0.25, 0.3) is 0 Å². The summed E-state index contributed by atoms with van der Waals surface area (Å²) >= 11 is 0. The summed E-state index contributed by atoms with van der Waals surface area (Å²) in [5.41, 5.74) is 1.52. The van der Waals surface area contributed by atoms with Crippen LogP contribution in [0.1, 0.15) is 107 Å².